The third kappa shape index (κ3) is 22.1. The molecule has 0 unspecified atom stereocenters. The maximum Gasteiger partial charge on any atom is 0.329 e. The van der Waals surface area contributed by atoms with E-state index in [1.54, 1.807) is 13.0 Å². The molecule has 0 atom stereocenters. The van der Waals surface area contributed by atoms with Crippen LogP contribution >= 0.6 is 0 Å². The predicted molar refractivity (Wildman–Crippen MR) is 230 cm³/mol. The third-order valence-electron chi connectivity index (χ3n) is 9.36. The first-order valence-corrected chi connectivity index (χ1v) is 22.8. The lowest BCUT2D eigenvalue weighted by molar-refractivity contribution is -0.143. The van der Waals surface area contributed by atoms with Crippen LogP contribution < -0.4 is 14.8 Å². The summed E-state index contributed by atoms with van der Waals surface area (Å²) < 4.78 is 64.5. The Morgan fingerprint density at radius 2 is 1.33 bits per heavy atom. The van der Waals surface area contributed by atoms with Crippen molar-refractivity contribution in [3.8, 4) is 11.5 Å². The number of aromatic nitrogens is 1. The lowest BCUT2D eigenvalue weighted by Gasteiger charge is -2.20. The highest BCUT2D eigenvalue weighted by Crippen LogP contribution is 2.27. The number of benzene rings is 2. The number of hydroxylamine groups is 2. The molecule has 63 heavy (non-hydrogen) atoms. The van der Waals surface area contributed by atoms with Crippen LogP contribution in [0.5, 0.6) is 11.5 Å². The highest BCUT2D eigenvalue weighted by Gasteiger charge is 2.19. The molecule has 0 radical (unpaired) electrons. The average Bonchev–Trinajstić information content (AvgIpc) is 3.25. The highest BCUT2D eigenvalue weighted by atomic mass is 32.2. The molecule has 0 spiro atoms. The maximum atomic E-state index is 14.6. The number of ether oxygens (including phenoxy) is 4. The number of aryl methyl sites for hydroxylation is 1. The van der Waals surface area contributed by atoms with Crippen LogP contribution in [0.25, 0.3) is 0 Å². The van der Waals surface area contributed by atoms with Gasteiger partial charge in [-0.2, -0.15) is 0 Å². The van der Waals surface area contributed by atoms with Crippen LogP contribution in [0.2, 0.25) is 0 Å². The van der Waals surface area contributed by atoms with E-state index in [1.807, 2.05) is 0 Å². The molecule has 348 valence electrons. The zero-order valence-electron chi connectivity index (χ0n) is 35.9. The van der Waals surface area contributed by atoms with E-state index in [2.05, 4.69) is 15.0 Å². The summed E-state index contributed by atoms with van der Waals surface area (Å²) in [5.41, 5.74) is 0.697. The van der Waals surface area contributed by atoms with Crippen LogP contribution in [-0.2, 0) is 49.9 Å². The number of hydrogen-bond donors (Lipinski definition) is 4. The molecule has 2 amide bonds. The molecule has 0 bridgehead atoms. The van der Waals surface area contributed by atoms with Crippen molar-refractivity contribution >= 4 is 39.6 Å². The minimum Gasteiger partial charge on any atom is -0.481 e. The number of pyridine rings is 1. The topological polar surface area (TPSA) is 229 Å². The molecule has 0 fully saturated rings. The zero-order chi connectivity index (χ0) is 45.7. The van der Waals surface area contributed by atoms with Crippen molar-refractivity contribution in [1.29, 1.82) is 0 Å². The van der Waals surface area contributed by atoms with Crippen LogP contribution in [-0.4, -0.2) is 112 Å². The normalized spacial score (nSPS) is 11.3. The molecule has 0 aliphatic carbocycles. The largest absolute Gasteiger partial charge is 0.481 e. The summed E-state index contributed by atoms with van der Waals surface area (Å²) in [7, 11) is -4.06. The number of halogens is 1. The molecule has 17 nitrogen and oxygen atoms in total. The minimum atomic E-state index is -4.06. The van der Waals surface area contributed by atoms with Gasteiger partial charge in [0.05, 0.1) is 43.5 Å². The van der Waals surface area contributed by atoms with Crippen LogP contribution in [0.1, 0.15) is 99.9 Å². The fourth-order valence-electron chi connectivity index (χ4n) is 6.09. The van der Waals surface area contributed by atoms with Crippen molar-refractivity contribution in [1.82, 2.24) is 15.4 Å². The second-order valence-corrected chi connectivity index (χ2v) is 16.1. The van der Waals surface area contributed by atoms with E-state index >= 15 is 0 Å². The van der Waals surface area contributed by atoms with E-state index in [4.69, 9.17) is 34.0 Å². The first-order chi connectivity index (χ1) is 30.4. The number of nitrogens with one attached hydrogen (secondary N) is 2. The Balaban J connectivity index is 1.34. The van der Waals surface area contributed by atoms with E-state index in [1.165, 1.54) is 67.6 Å². The molecule has 1 heterocycles. The molecule has 19 heteroatoms. The van der Waals surface area contributed by atoms with Gasteiger partial charge in [-0.3, -0.25) is 23.9 Å². The Hall–Kier alpha value is -5.21. The molecule has 2 aromatic carbocycles. The summed E-state index contributed by atoms with van der Waals surface area (Å²) in [5.74, 6) is -2.23. The van der Waals surface area contributed by atoms with E-state index in [-0.39, 0.29) is 87.2 Å². The molecule has 0 aliphatic heterocycles. The average molecular weight is 905 g/mol. The molecular formula is C44H61FN4O13S. The van der Waals surface area contributed by atoms with Gasteiger partial charge < -0.3 is 34.5 Å². The molecular weight excluding hydrogens is 844 g/mol. The molecule has 0 saturated carbocycles. The number of carboxylic acid groups (broad SMARTS) is 2. The molecule has 0 saturated heterocycles. The van der Waals surface area contributed by atoms with Gasteiger partial charge in [-0.15, -0.1) is 0 Å². The Morgan fingerprint density at radius 1 is 0.714 bits per heavy atom. The molecule has 4 N–H and O–H groups in total. The fourth-order valence-corrected chi connectivity index (χ4v) is 7.10. The van der Waals surface area contributed by atoms with Gasteiger partial charge in [-0.25, -0.2) is 27.6 Å². The fraction of sp³-hybridized carbons (Fsp3) is 0.523. The maximum absolute atomic E-state index is 14.6. The number of carbonyl (C=O) groups is 4. The number of unbranched alkanes of at least 4 members (excludes halogenated alkanes) is 10. The number of aliphatic carboxylic acids is 2. The predicted octanol–water partition coefficient (Wildman–Crippen LogP) is 6.77. The summed E-state index contributed by atoms with van der Waals surface area (Å²) in [4.78, 5) is 55.4. The monoisotopic (exact) mass is 904 g/mol. The summed E-state index contributed by atoms with van der Waals surface area (Å²) >= 11 is 0. The summed E-state index contributed by atoms with van der Waals surface area (Å²) in [6, 6.07) is 13.0. The number of amides is 2. The van der Waals surface area contributed by atoms with Crippen LogP contribution in [0.3, 0.4) is 0 Å². The van der Waals surface area contributed by atoms with Crippen LogP contribution in [0, 0.1) is 5.82 Å². The van der Waals surface area contributed by atoms with Crippen molar-refractivity contribution in [2.24, 2.45) is 0 Å². The number of anilines is 1. The van der Waals surface area contributed by atoms with Gasteiger partial charge in [0.2, 0.25) is 5.91 Å². The highest BCUT2D eigenvalue weighted by molar-refractivity contribution is 7.92. The van der Waals surface area contributed by atoms with Gasteiger partial charge in [0.1, 0.15) is 36.3 Å². The van der Waals surface area contributed by atoms with E-state index < -0.39 is 34.5 Å². The van der Waals surface area contributed by atoms with Crippen molar-refractivity contribution < 1.29 is 66.0 Å². The lowest BCUT2D eigenvalue weighted by atomic mass is 10.0. The van der Waals surface area contributed by atoms with Crippen molar-refractivity contribution in [3.05, 3.63) is 77.7 Å². The van der Waals surface area contributed by atoms with Gasteiger partial charge in [-0.1, -0.05) is 57.8 Å². The Labute approximate surface area is 368 Å². The van der Waals surface area contributed by atoms with Gasteiger partial charge >= 0.3 is 11.9 Å². The van der Waals surface area contributed by atoms with Gasteiger partial charge in [0.15, 0.2) is 0 Å². The summed E-state index contributed by atoms with van der Waals surface area (Å²) in [6.45, 7) is 1.95. The first kappa shape index (κ1) is 52.1. The van der Waals surface area contributed by atoms with Gasteiger partial charge in [0.25, 0.3) is 15.9 Å². The SMILES string of the molecule is CCN(OCCOCC(=O)NCCOCCOCC(=O)O)C(=O)c1ccc(NS(=O)(=O)c2ccc(Oc3ccc(F)c(CCCCCCCCCCCCCC(=O)O)c3)cc2)nc1. The second kappa shape index (κ2) is 30.0. The third-order valence-corrected chi connectivity index (χ3v) is 10.7. The zero-order valence-corrected chi connectivity index (χ0v) is 36.7. The molecule has 3 aromatic rings. The van der Waals surface area contributed by atoms with Crippen molar-refractivity contribution in [3.63, 3.8) is 0 Å². The Morgan fingerprint density at radius 3 is 1.97 bits per heavy atom. The standard InChI is InChI=1S/C44H61FN4O13S/c1-2-49(61-29-28-59-32-41(50)46-24-25-58-26-27-60-33-43(53)54)44(55)35-16-23-40(47-31-35)48-63(56,57)38-20-17-36(18-21-38)62-37-19-22-39(45)34(30-37)14-12-10-8-6-4-3-5-7-9-11-13-15-42(51)52/h16-23,30-31H,2-15,24-29,32-33H2,1H3,(H,46,50)(H,47,48)(H,51,52)(H,53,54). The van der Waals surface area contributed by atoms with E-state index in [0.717, 1.165) is 62.9 Å². The smallest absolute Gasteiger partial charge is 0.329 e. The number of nitrogens with zero attached hydrogens (tertiary/aromatic N) is 2. The first-order valence-electron chi connectivity index (χ1n) is 21.3. The quantitative estimate of drug-likeness (QED) is 0.0353. The number of sulfonamides is 1. The van der Waals surface area contributed by atoms with E-state index in [9.17, 15) is 32.0 Å². The summed E-state index contributed by atoms with van der Waals surface area (Å²) in [6.07, 6.45) is 13.5. The molecule has 0 aliphatic rings. The van der Waals surface area contributed by atoms with Gasteiger partial charge in [0, 0.05) is 25.7 Å². The lowest BCUT2D eigenvalue weighted by Crippen LogP contribution is -2.33. The Kier molecular flexibility index (Phi) is 24.8. The Bertz CT molecular complexity index is 1940. The number of carboxylic acids is 2. The number of carbonyl (C=O) groups excluding carboxylic acids is 2. The minimum absolute atomic E-state index is 0.0129. The van der Waals surface area contributed by atoms with E-state index in [0.29, 0.717) is 23.5 Å². The second-order valence-electron chi connectivity index (χ2n) is 14.4. The van der Waals surface area contributed by atoms with Crippen LogP contribution in [0.15, 0.2) is 65.7 Å². The van der Waals surface area contributed by atoms with Crippen molar-refractivity contribution in [2.45, 2.75) is 95.3 Å². The van der Waals surface area contributed by atoms with Gasteiger partial charge in [-0.05, 0) is 86.3 Å². The molecule has 1 aromatic heterocycles. The number of rotatable bonds is 35. The van der Waals surface area contributed by atoms with Crippen LogP contribution in [0.4, 0.5) is 10.2 Å². The summed E-state index contributed by atoms with van der Waals surface area (Å²) in [5, 5.41) is 20.9. The molecule has 3 rings (SSSR count). The number of hydrogen-bond acceptors (Lipinski definition) is 12. The van der Waals surface area contributed by atoms with Crippen molar-refractivity contribution in [2.75, 3.05) is 64.1 Å².